The summed E-state index contributed by atoms with van der Waals surface area (Å²) in [5, 5.41) is 1.29. The minimum atomic E-state index is -0.245. The molecule has 0 saturated heterocycles. The molecule has 1 aromatic carbocycles. The van der Waals surface area contributed by atoms with Crippen LogP contribution in [0.25, 0.3) is 10.9 Å². The smallest absolute Gasteiger partial charge is 0.302 e. The van der Waals surface area contributed by atoms with Gasteiger partial charge in [0.15, 0.2) is 0 Å². The molecule has 0 aliphatic heterocycles. The maximum Gasteiger partial charge on any atom is 0.302 e. The van der Waals surface area contributed by atoms with Crippen LogP contribution >= 0.6 is 0 Å². The second kappa shape index (κ2) is 6.81. The monoisotopic (exact) mass is 248 g/mol. The number of H-pyrrole nitrogens is 1. The molecule has 98 valence electrons. The summed E-state index contributed by atoms with van der Waals surface area (Å²) in [5.74, 6) is -0.245. The number of carbonyl (C=O) groups excluding carboxylic acids is 1. The van der Waals surface area contributed by atoms with Gasteiger partial charge in [0.2, 0.25) is 0 Å². The molecular formula is C14H20N2O2. The Morgan fingerprint density at radius 2 is 2.06 bits per heavy atom. The van der Waals surface area contributed by atoms with Crippen LogP contribution in [-0.4, -0.2) is 24.1 Å². The SMILES string of the molecule is CC(N)Cc1c[nH]c2ccccc12.COC(C)=O. The van der Waals surface area contributed by atoms with Crippen molar-refractivity contribution in [3.63, 3.8) is 0 Å². The highest BCUT2D eigenvalue weighted by Crippen LogP contribution is 2.18. The van der Waals surface area contributed by atoms with E-state index in [1.165, 1.54) is 30.5 Å². The predicted octanol–water partition coefficient (Wildman–Crippen LogP) is 2.24. The number of ether oxygens (including phenoxy) is 1. The molecule has 1 aromatic heterocycles. The van der Waals surface area contributed by atoms with Gasteiger partial charge in [0.1, 0.15) is 0 Å². The number of hydrogen-bond acceptors (Lipinski definition) is 3. The Kier molecular flexibility index (Phi) is 5.39. The molecule has 0 bridgehead atoms. The van der Waals surface area contributed by atoms with Crippen molar-refractivity contribution in [1.82, 2.24) is 4.98 Å². The van der Waals surface area contributed by atoms with Crippen LogP contribution in [0.1, 0.15) is 19.4 Å². The van der Waals surface area contributed by atoms with E-state index in [9.17, 15) is 4.79 Å². The molecule has 0 aliphatic carbocycles. The Bertz CT molecular complexity index is 503. The molecule has 0 spiro atoms. The first-order chi connectivity index (χ1) is 8.54. The van der Waals surface area contributed by atoms with Gasteiger partial charge in [0.05, 0.1) is 7.11 Å². The van der Waals surface area contributed by atoms with Gasteiger partial charge < -0.3 is 15.5 Å². The summed E-state index contributed by atoms with van der Waals surface area (Å²) in [7, 11) is 1.35. The molecule has 3 N–H and O–H groups in total. The molecule has 1 heterocycles. The van der Waals surface area contributed by atoms with Crippen LogP contribution in [0.2, 0.25) is 0 Å². The molecule has 2 rings (SSSR count). The average molecular weight is 248 g/mol. The Labute approximate surface area is 107 Å². The van der Waals surface area contributed by atoms with Gasteiger partial charge in [-0.2, -0.15) is 0 Å². The van der Waals surface area contributed by atoms with Gasteiger partial charge in [-0.15, -0.1) is 0 Å². The number of fused-ring (bicyclic) bond motifs is 1. The highest BCUT2D eigenvalue weighted by Gasteiger charge is 2.03. The molecule has 0 aliphatic rings. The van der Waals surface area contributed by atoms with E-state index in [4.69, 9.17) is 5.73 Å². The zero-order chi connectivity index (χ0) is 13.5. The van der Waals surface area contributed by atoms with E-state index in [2.05, 4.69) is 27.9 Å². The van der Waals surface area contributed by atoms with Crippen molar-refractivity contribution in [2.24, 2.45) is 5.73 Å². The zero-order valence-corrected chi connectivity index (χ0v) is 11.1. The van der Waals surface area contributed by atoms with E-state index in [0.717, 1.165) is 6.42 Å². The topological polar surface area (TPSA) is 68.1 Å². The summed E-state index contributed by atoms with van der Waals surface area (Å²) in [6, 6.07) is 8.53. The number of esters is 1. The van der Waals surface area contributed by atoms with E-state index in [1.807, 2.05) is 19.2 Å². The third kappa shape index (κ3) is 4.22. The van der Waals surface area contributed by atoms with Crippen LogP contribution in [0, 0.1) is 0 Å². The Morgan fingerprint density at radius 3 is 2.61 bits per heavy atom. The van der Waals surface area contributed by atoms with Gasteiger partial charge in [-0.1, -0.05) is 18.2 Å². The first-order valence-electron chi connectivity index (χ1n) is 5.89. The molecule has 1 atom stereocenters. The lowest BCUT2D eigenvalue weighted by atomic mass is 10.1. The normalized spacial score (nSPS) is 11.6. The number of methoxy groups -OCH3 is 1. The highest BCUT2D eigenvalue weighted by molar-refractivity contribution is 5.83. The minimum absolute atomic E-state index is 0.221. The summed E-state index contributed by atoms with van der Waals surface area (Å²) >= 11 is 0. The van der Waals surface area contributed by atoms with Gasteiger partial charge in [-0.3, -0.25) is 4.79 Å². The summed E-state index contributed by atoms with van der Waals surface area (Å²) in [6.07, 6.45) is 2.98. The van der Waals surface area contributed by atoms with E-state index < -0.39 is 0 Å². The molecule has 4 heteroatoms. The standard InChI is InChI=1S/C11H14N2.C3H6O2/c1-8(12)6-9-7-13-11-5-3-2-4-10(9)11;1-3(4)5-2/h2-5,7-8,13H,6,12H2,1H3;1-2H3. The van der Waals surface area contributed by atoms with Crippen LogP contribution in [0.15, 0.2) is 30.5 Å². The summed E-state index contributed by atoms with van der Waals surface area (Å²) in [6.45, 7) is 3.39. The van der Waals surface area contributed by atoms with E-state index in [0.29, 0.717) is 0 Å². The van der Waals surface area contributed by atoms with E-state index in [-0.39, 0.29) is 12.0 Å². The first kappa shape index (κ1) is 14.3. The Hall–Kier alpha value is -1.81. The fraction of sp³-hybridized carbons (Fsp3) is 0.357. The van der Waals surface area contributed by atoms with Gasteiger partial charge in [-0.05, 0) is 25.0 Å². The number of carbonyl (C=O) groups is 1. The zero-order valence-electron chi connectivity index (χ0n) is 11.1. The van der Waals surface area contributed by atoms with Gasteiger partial charge in [0.25, 0.3) is 0 Å². The van der Waals surface area contributed by atoms with Gasteiger partial charge in [-0.25, -0.2) is 0 Å². The number of hydrogen-bond donors (Lipinski definition) is 2. The second-order valence-corrected chi connectivity index (χ2v) is 4.24. The van der Waals surface area contributed by atoms with Crippen LogP contribution < -0.4 is 5.73 Å². The van der Waals surface area contributed by atoms with Crippen LogP contribution in [0.5, 0.6) is 0 Å². The number of para-hydroxylation sites is 1. The summed E-state index contributed by atoms with van der Waals surface area (Å²) < 4.78 is 4.11. The van der Waals surface area contributed by atoms with Crippen molar-refractivity contribution in [3.05, 3.63) is 36.0 Å². The third-order valence-corrected chi connectivity index (χ3v) is 2.50. The van der Waals surface area contributed by atoms with Crippen LogP contribution in [0.4, 0.5) is 0 Å². The molecular weight excluding hydrogens is 228 g/mol. The molecule has 2 aromatic rings. The molecule has 18 heavy (non-hydrogen) atoms. The first-order valence-corrected chi connectivity index (χ1v) is 5.89. The molecule has 0 amide bonds. The molecule has 0 fully saturated rings. The van der Waals surface area contributed by atoms with Gasteiger partial charge >= 0.3 is 5.97 Å². The fourth-order valence-electron chi connectivity index (χ4n) is 1.65. The fourth-order valence-corrected chi connectivity index (χ4v) is 1.65. The highest BCUT2D eigenvalue weighted by atomic mass is 16.5. The Morgan fingerprint density at radius 1 is 1.44 bits per heavy atom. The maximum atomic E-state index is 9.59. The number of aromatic nitrogens is 1. The number of aromatic amines is 1. The predicted molar refractivity (Wildman–Crippen MR) is 73.3 cm³/mol. The van der Waals surface area contributed by atoms with Crippen molar-refractivity contribution >= 4 is 16.9 Å². The number of nitrogens with two attached hydrogens (primary N) is 1. The lowest BCUT2D eigenvalue weighted by Crippen LogP contribution is -2.17. The number of rotatable bonds is 2. The quantitative estimate of drug-likeness (QED) is 0.801. The van der Waals surface area contributed by atoms with E-state index >= 15 is 0 Å². The minimum Gasteiger partial charge on any atom is -0.469 e. The largest absolute Gasteiger partial charge is 0.469 e. The molecule has 0 radical (unpaired) electrons. The lowest BCUT2D eigenvalue weighted by molar-refractivity contribution is -0.137. The molecule has 1 unspecified atom stereocenters. The van der Waals surface area contributed by atoms with Gasteiger partial charge in [0, 0.05) is 30.1 Å². The Balaban J connectivity index is 0.000000280. The third-order valence-electron chi connectivity index (χ3n) is 2.50. The van der Waals surface area contributed by atoms with Crippen molar-refractivity contribution < 1.29 is 9.53 Å². The maximum absolute atomic E-state index is 9.59. The summed E-state index contributed by atoms with van der Waals surface area (Å²) in [4.78, 5) is 12.8. The van der Waals surface area contributed by atoms with Crippen LogP contribution in [-0.2, 0) is 16.0 Å². The lowest BCUT2D eigenvalue weighted by Gasteiger charge is -2.02. The molecule has 0 saturated carbocycles. The number of benzene rings is 1. The molecule has 4 nitrogen and oxygen atoms in total. The van der Waals surface area contributed by atoms with Crippen LogP contribution in [0.3, 0.4) is 0 Å². The van der Waals surface area contributed by atoms with Crippen molar-refractivity contribution in [2.75, 3.05) is 7.11 Å². The summed E-state index contributed by atoms with van der Waals surface area (Å²) in [5.41, 5.74) is 8.26. The van der Waals surface area contributed by atoms with Crippen molar-refractivity contribution in [1.29, 1.82) is 0 Å². The number of nitrogens with one attached hydrogen (secondary N) is 1. The van der Waals surface area contributed by atoms with Crippen molar-refractivity contribution in [2.45, 2.75) is 26.3 Å². The van der Waals surface area contributed by atoms with E-state index in [1.54, 1.807) is 0 Å². The second-order valence-electron chi connectivity index (χ2n) is 4.24. The van der Waals surface area contributed by atoms with Crippen molar-refractivity contribution in [3.8, 4) is 0 Å². The average Bonchev–Trinajstić information content (AvgIpc) is 2.73.